The summed E-state index contributed by atoms with van der Waals surface area (Å²) in [7, 11) is 0. The largest absolute Gasteiger partial charge is 0.481 e. The number of hydrogen-bond donors (Lipinski definition) is 3. The molecule has 5 rings (SSSR count). The summed E-state index contributed by atoms with van der Waals surface area (Å²) in [6.45, 7) is 0.804. The smallest absolute Gasteiger partial charge is 0.407 e. The molecule has 2 fully saturated rings. The SMILES string of the molecule is O=C(NC[C@@H]1C[C@@H]1C(=O)NCC(CC1CC1)C(=O)O)OCC1c2ccccc2-c2ccccc21. The molecule has 3 aliphatic rings. The molecule has 1 unspecified atom stereocenters. The summed E-state index contributed by atoms with van der Waals surface area (Å²) >= 11 is 0. The van der Waals surface area contributed by atoms with Gasteiger partial charge < -0.3 is 20.5 Å². The number of hydrogen-bond acceptors (Lipinski definition) is 4. The molecular formula is C27H30N2O5. The fraction of sp³-hybridized carbons (Fsp3) is 0.444. The first kappa shape index (κ1) is 22.4. The third-order valence-corrected chi connectivity index (χ3v) is 7.30. The fourth-order valence-electron chi connectivity index (χ4n) is 5.04. The van der Waals surface area contributed by atoms with E-state index in [1.54, 1.807) is 0 Å². The first-order chi connectivity index (χ1) is 16.5. The van der Waals surface area contributed by atoms with Crippen LogP contribution in [0.5, 0.6) is 0 Å². The van der Waals surface area contributed by atoms with E-state index in [-0.39, 0.29) is 36.8 Å². The molecule has 0 spiro atoms. The summed E-state index contributed by atoms with van der Waals surface area (Å²) < 4.78 is 5.55. The lowest BCUT2D eigenvalue weighted by Crippen LogP contribution is -2.35. The predicted molar refractivity (Wildman–Crippen MR) is 126 cm³/mol. The van der Waals surface area contributed by atoms with Crippen LogP contribution in [0.4, 0.5) is 4.79 Å². The molecule has 0 aliphatic heterocycles. The third kappa shape index (κ3) is 4.93. The Bertz CT molecular complexity index is 1050. The summed E-state index contributed by atoms with van der Waals surface area (Å²) in [6, 6.07) is 16.4. The summed E-state index contributed by atoms with van der Waals surface area (Å²) in [5.74, 6) is -1.11. The van der Waals surface area contributed by atoms with Crippen LogP contribution in [-0.2, 0) is 14.3 Å². The predicted octanol–water partition coefficient (Wildman–Crippen LogP) is 3.78. The number of carbonyl (C=O) groups excluding carboxylic acids is 2. The van der Waals surface area contributed by atoms with Gasteiger partial charge in [-0.1, -0.05) is 61.4 Å². The Kier molecular flexibility index (Phi) is 6.26. The van der Waals surface area contributed by atoms with Crippen molar-refractivity contribution >= 4 is 18.0 Å². The van der Waals surface area contributed by atoms with Crippen LogP contribution in [-0.4, -0.2) is 42.8 Å². The molecule has 0 radical (unpaired) electrons. The second kappa shape index (κ2) is 9.49. The van der Waals surface area contributed by atoms with Crippen molar-refractivity contribution in [2.45, 2.75) is 31.6 Å². The zero-order valence-electron chi connectivity index (χ0n) is 19.0. The number of rotatable bonds is 10. The van der Waals surface area contributed by atoms with Crippen LogP contribution in [0.3, 0.4) is 0 Å². The van der Waals surface area contributed by atoms with Gasteiger partial charge in [-0.15, -0.1) is 0 Å². The van der Waals surface area contributed by atoms with E-state index in [9.17, 15) is 19.5 Å². The molecular weight excluding hydrogens is 432 g/mol. The van der Waals surface area contributed by atoms with Gasteiger partial charge in [-0.2, -0.15) is 0 Å². The third-order valence-electron chi connectivity index (χ3n) is 7.30. The van der Waals surface area contributed by atoms with Crippen LogP contribution in [0.2, 0.25) is 0 Å². The number of amides is 2. The van der Waals surface area contributed by atoms with Gasteiger partial charge in [0.25, 0.3) is 0 Å². The maximum absolute atomic E-state index is 12.4. The Morgan fingerprint density at radius 3 is 2.24 bits per heavy atom. The Morgan fingerprint density at radius 2 is 1.62 bits per heavy atom. The van der Waals surface area contributed by atoms with Gasteiger partial charge in [0.15, 0.2) is 0 Å². The molecule has 2 amide bonds. The Hall–Kier alpha value is -3.35. The number of alkyl carbamates (subject to hydrolysis) is 1. The molecule has 3 N–H and O–H groups in total. The molecule has 34 heavy (non-hydrogen) atoms. The highest BCUT2D eigenvalue weighted by molar-refractivity contribution is 5.82. The van der Waals surface area contributed by atoms with Crippen LogP contribution in [0, 0.1) is 23.7 Å². The number of fused-ring (bicyclic) bond motifs is 3. The number of carbonyl (C=O) groups is 3. The van der Waals surface area contributed by atoms with Gasteiger partial charge in [0.2, 0.25) is 5.91 Å². The molecule has 7 heteroatoms. The summed E-state index contributed by atoms with van der Waals surface area (Å²) in [6.07, 6.45) is 3.01. The first-order valence-electron chi connectivity index (χ1n) is 12.1. The molecule has 0 aromatic heterocycles. The summed E-state index contributed by atoms with van der Waals surface area (Å²) in [4.78, 5) is 36.1. The van der Waals surface area contributed by atoms with Crippen molar-refractivity contribution < 1.29 is 24.2 Å². The summed E-state index contributed by atoms with van der Waals surface area (Å²) in [5.41, 5.74) is 4.69. The number of benzene rings is 2. The zero-order valence-corrected chi connectivity index (χ0v) is 19.0. The average molecular weight is 463 g/mol. The molecule has 0 bridgehead atoms. The maximum atomic E-state index is 12.4. The van der Waals surface area contributed by atoms with Crippen molar-refractivity contribution in [1.82, 2.24) is 10.6 Å². The zero-order chi connectivity index (χ0) is 23.7. The van der Waals surface area contributed by atoms with E-state index < -0.39 is 18.0 Å². The van der Waals surface area contributed by atoms with E-state index in [4.69, 9.17) is 4.74 Å². The van der Waals surface area contributed by atoms with Gasteiger partial charge in [0.05, 0.1) is 5.92 Å². The minimum absolute atomic E-state index is 0.00965. The lowest BCUT2D eigenvalue weighted by Gasteiger charge is -2.15. The number of aliphatic carboxylic acids is 1. The first-order valence-corrected chi connectivity index (χ1v) is 12.1. The van der Waals surface area contributed by atoms with E-state index >= 15 is 0 Å². The minimum Gasteiger partial charge on any atom is -0.481 e. The summed E-state index contributed by atoms with van der Waals surface area (Å²) in [5, 5.41) is 14.9. The second-order valence-electron chi connectivity index (χ2n) is 9.77. The second-order valence-corrected chi connectivity index (χ2v) is 9.77. The minimum atomic E-state index is -0.850. The van der Waals surface area contributed by atoms with Crippen LogP contribution >= 0.6 is 0 Å². The highest BCUT2D eigenvalue weighted by atomic mass is 16.5. The van der Waals surface area contributed by atoms with E-state index in [1.165, 1.54) is 11.1 Å². The lowest BCUT2D eigenvalue weighted by atomic mass is 9.98. The van der Waals surface area contributed by atoms with Gasteiger partial charge in [0, 0.05) is 24.9 Å². The van der Waals surface area contributed by atoms with Crippen molar-refractivity contribution in [2.75, 3.05) is 19.7 Å². The van der Waals surface area contributed by atoms with Crippen LogP contribution in [0.15, 0.2) is 48.5 Å². The maximum Gasteiger partial charge on any atom is 0.407 e. The normalized spacial score (nSPS) is 21.2. The van der Waals surface area contributed by atoms with Crippen molar-refractivity contribution in [2.24, 2.45) is 23.7 Å². The van der Waals surface area contributed by atoms with Gasteiger partial charge in [-0.25, -0.2) is 4.79 Å². The van der Waals surface area contributed by atoms with Crippen LogP contribution in [0.25, 0.3) is 11.1 Å². The topological polar surface area (TPSA) is 105 Å². The number of carboxylic acids is 1. The van der Waals surface area contributed by atoms with Crippen LogP contribution < -0.4 is 10.6 Å². The Labute approximate surface area is 198 Å². The van der Waals surface area contributed by atoms with Crippen molar-refractivity contribution in [3.8, 4) is 11.1 Å². The number of carboxylic acid groups (broad SMARTS) is 1. The monoisotopic (exact) mass is 462 g/mol. The van der Waals surface area contributed by atoms with Crippen molar-refractivity contribution in [3.63, 3.8) is 0 Å². The lowest BCUT2D eigenvalue weighted by molar-refractivity contribution is -0.142. The standard InChI is InChI=1S/C27H30N2O5/c30-25(28-14-18(26(31)32)11-16-9-10-16)23-12-17(23)13-29-27(33)34-15-24-21-7-3-1-5-19(21)20-6-2-4-8-22(20)24/h1-8,16-18,23-24H,9-15H2,(H,28,30)(H,29,33)(H,31,32)/t17-,18?,23-/m0/s1. The molecule has 178 valence electrons. The molecule has 2 aromatic rings. The number of ether oxygens (including phenoxy) is 1. The molecule has 0 heterocycles. The Balaban J connectivity index is 1.05. The van der Waals surface area contributed by atoms with Crippen LogP contribution in [0.1, 0.15) is 42.7 Å². The van der Waals surface area contributed by atoms with E-state index in [0.29, 0.717) is 25.3 Å². The molecule has 7 nitrogen and oxygen atoms in total. The van der Waals surface area contributed by atoms with E-state index in [0.717, 1.165) is 24.0 Å². The molecule has 3 aliphatic carbocycles. The number of nitrogens with one attached hydrogen (secondary N) is 2. The quantitative estimate of drug-likeness (QED) is 0.498. The van der Waals surface area contributed by atoms with Crippen molar-refractivity contribution in [3.05, 3.63) is 59.7 Å². The van der Waals surface area contributed by atoms with Gasteiger partial charge in [-0.3, -0.25) is 9.59 Å². The van der Waals surface area contributed by atoms with Gasteiger partial charge >= 0.3 is 12.1 Å². The average Bonchev–Trinajstić information content (AvgIpc) is 3.77. The van der Waals surface area contributed by atoms with Gasteiger partial charge in [-0.05, 0) is 46.9 Å². The molecule has 0 saturated heterocycles. The molecule has 2 aromatic carbocycles. The Morgan fingerprint density at radius 1 is 0.971 bits per heavy atom. The molecule has 2 saturated carbocycles. The highest BCUT2D eigenvalue weighted by Gasteiger charge is 2.43. The highest BCUT2D eigenvalue weighted by Crippen LogP contribution is 2.44. The fourth-order valence-corrected chi connectivity index (χ4v) is 5.04. The van der Waals surface area contributed by atoms with Crippen molar-refractivity contribution in [1.29, 1.82) is 0 Å². The van der Waals surface area contributed by atoms with E-state index in [1.807, 2.05) is 24.3 Å². The van der Waals surface area contributed by atoms with Gasteiger partial charge in [0.1, 0.15) is 6.61 Å². The van der Waals surface area contributed by atoms with E-state index in [2.05, 4.69) is 34.9 Å². The molecule has 3 atom stereocenters.